The van der Waals surface area contributed by atoms with Gasteiger partial charge in [0.2, 0.25) is 11.9 Å². The van der Waals surface area contributed by atoms with Crippen molar-refractivity contribution in [2.75, 3.05) is 6.61 Å². The molecule has 43 heavy (non-hydrogen) atoms. The fourth-order valence-corrected chi connectivity index (χ4v) is 9.10. The van der Waals surface area contributed by atoms with Crippen LogP contribution >= 0.6 is 0 Å². The van der Waals surface area contributed by atoms with Crippen LogP contribution in [0.3, 0.4) is 0 Å². The minimum absolute atomic E-state index is 0.0318. The first kappa shape index (κ1) is 32.2. The van der Waals surface area contributed by atoms with Crippen LogP contribution in [-0.2, 0) is 42.9 Å². The van der Waals surface area contributed by atoms with Crippen LogP contribution in [0.2, 0.25) is 0 Å². The monoisotopic (exact) mass is 606 g/mol. The Kier molecular flexibility index (Phi) is 7.81. The number of hydrogen-bond acceptors (Lipinski definition) is 10. The molecule has 0 aromatic heterocycles. The number of carbonyl (C=O) groups is 4. The first-order valence-electron chi connectivity index (χ1n) is 16.0. The second kappa shape index (κ2) is 10.4. The van der Waals surface area contributed by atoms with Crippen LogP contribution in [0, 0.1) is 22.2 Å². The van der Waals surface area contributed by atoms with E-state index in [4.69, 9.17) is 23.7 Å². The van der Waals surface area contributed by atoms with Crippen molar-refractivity contribution < 1.29 is 48.0 Å². The number of aliphatic hydroxyl groups is 1. The predicted molar refractivity (Wildman–Crippen MR) is 153 cm³/mol. The van der Waals surface area contributed by atoms with E-state index < -0.39 is 62.8 Å². The molecule has 10 nitrogen and oxygen atoms in total. The Balaban J connectivity index is 1.31. The van der Waals surface area contributed by atoms with E-state index in [9.17, 15) is 24.3 Å². The van der Waals surface area contributed by atoms with Gasteiger partial charge in [-0.3, -0.25) is 14.4 Å². The summed E-state index contributed by atoms with van der Waals surface area (Å²) >= 11 is 0. The zero-order valence-corrected chi connectivity index (χ0v) is 27.0. The third-order valence-corrected chi connectivity index (χ3v) is 10.6. The Hall–Kier alpha value is -2.20. The van der Waals surface area contributed by atoms with Gasteiger partial charge in [0.15, 0.2) is 0 Å². The van der Waals surface area contributed by atoms with Crippen molar-refractivity contribution in [3.05, 3.63) is 0 Å². The van der Waals surface area contributed by atoms with Gasteiger partial charge in [0.1, 0.15) is 11.2 Å². The average Bonchev–Trinajstić information content (AvgIpc) is 3.07. The zero-order chi connectivity index (χ0) is 31.7. The van der Waals surface area contributed by atoms with Crippen molar-refractivity contribution in [1.82, 2.24) is 0 Å². The highest BCUT2D eigenvalue weighted by Crippen LogP contribution is 2.65. The maximum atomic E-state index is 14.1. The zero-order valence-electron chi connectivity index (χ0n) is 27.0. The highest BCUT2D eigenvalue weighted by molar-refractivity contribution is 5.87. The Morgan fingerprint density at radius 3 is 2.26 bits per heavy atom. The van der Waals surface area contributed by atoms with E-state index in [0.717, 1.165) is 12.8 Å². The molecule has 0 amide bonds. The second-order valence-corrected chi connectivity index (χ2v) is 16.2. The summed E-state index contributed by atoms with van der Waals surface area (Å²) in [5, 5.41) is 11.6. The van der Waals surface area contributed by atoms with Gasteiger partial charge in [-0.1, -0.05) is 6.92 Å². The molecule has 2 heterocycles. The van der Waals surface area contributed by atoms with Crippen LogP contribution in [0.5, 0.6) is 0 Å². The largest absolute Gasteiger partial charge is 0.458 e. The van der Waals surface area contributed by atoms with Crippen molar-refractivity contribution in [2.45, 2.75) is 154 Å². The molecule has 2 aliphatic heterocycles. The van der Waals surface area contributed by atoms with E-state index in [-0.39, 0.29) is 31.1 Å². The maximum absolute atomic E-state index is 14.1. The first-order chi connectivity index (χ1) is 19.8. The minimum Gasteiger partial charge on any atom is -0.458 e. The molecule has 0 spiro atoms. The summed E-state index contributed by atoms with van der Waals surface area (Å²) < 4.78 is 29.1. The molecule has 4 saturated carbocycles. The molecule has 7 unspecified atom stereocenters. The SMILES string of the molecule is CCC(C)(CC(C)(C)C(=O)OC1(C)CC(C)(C)OC1=O)C(=O)OC12CC3CC(O)(C1)CC(C(=O)OC1CCCCO1)(C3)C2. The summed E-state index contributed by atoms with van der Waals surface area (Å²) in [5.74, 6) is -1.97. The average molecular weight is 607 g/mol. The van der Waals surface area contributed by atoms with Crippen LogP contribution in [-0.4, -0.2) is 64.3 Å². The Labute approximate surface area is 254 Å². The molecule has 6 fully saturated rings. The van der Waals surface area contributed by atoms with Crippen molar-refractivity contribution in [3.8, 4) is 0 Å². The topological polar surface area (TPSA) is 135 Å². The third-order valence-electron chi connectivity index (χ3n) is 10.6. The molecule has 0 aromatic rings. The Bertz CT molecular complexity index is 1170. The normalized spacial score (nSPS) is 39.5. The third kappa shape index (κ3) is 6.07. The standard InChI is InChI=1S/C33H50O10/c1-8-29(6,16-27(2,3)23(34)42-30(7)17-28(4,5)41-25(30)36)24(35)43-33-15-21-13-31(19-33,18-32(38,14-21)20-33)26(37)40-22-11-9-10-12-39-22/h21-22,38H,8-20H2,1-7H3. The van der Waals surface area contributed by atoms with Crippen molar-refractivity contribution in [2.24, 2.45) is 22.2 Å². The molecular weight excluding hydrogens is 556 g/mol. The van der Waals surface area contributed by atoms with Crippen molar-refractivity contribution in [1.29, 1.82) is 0 Å². The van der Waals surface area contributed by atoms with Gasteiger partial charge in [0, 0.05) is 25.7 Å². The van der Waals surface area contributed by atoms with Crippen LogP contribution in [0.4, 0.5) is 0 Å². The molecule has 4 bridgehead atoms. The molecule has 0 radical (unpaired) electrons. The molecule has 2 saturated heterocycles. The molecule has 7 atom stereocenters. The number of ether oxygens (including phenoxy) is 5. The lowest BCUT2D eigenvalue weighted by atomic mass is 9.46. The maximum Gasteiger partial charge on any atom is 0.351 e. The summed E-state index contributed by atoms with van der Waals surface area (Å²) in [4.78, 5) is 53.7. The molecule has 6 aliphatic rings. The number of cyclic esters (lactones) is 1. The van der Waals surface area contributed by atoms with Crippen LogP contribution < -0.4 is 0 Å². The summed E-state index contributed by atoms with van der Waals surface area (Å²) in [6, 6.07) is 0. The summed E-state index contributed by atoms with van der Waals surface area (Å²) in [5.41, 5.74) is -7.37. The van der Waals surface area contributed by atoms with Gasteiger partial charge in [-0.05, 0) is 98.8 Å². The lowest BCUT2D eigenvalue weighted by molar-refractivity contribution is -0.259. The molecule has 10 heteroatoms. The van der Waals surface area contributed by atoms with E-state index in [0.29, 0.717) is 51.6 Å². The Morgan fingerprint density at radius 2 is 1.67 bits per heavy atom. The van der Waals surface area contributed by atoms with Crippen molar-refractivity contribution in [3.63, 3.8) is 0 Å². The summed E-state index contributed by atoms with van der Waals surface area (Å²) in [6.45, 7) is 12.7. The molecule has 242 valence electrons. The highest BCUT2D eigenvalue weighted by atomic mass is 16.7. The van der Waals surface area contributed by atoms with Gasteiger partial charge < -0.3 is 28.8 Å². The number of carbonyl (C=O) groups excluding carboxylic acids is 4. The molecule has 1 N–H and O–H groups in total. The lowest BCUT2D eigenvalue weighted by Gasteiger charge is -2.63. The fraction of sp³-hybridized carbons (Fsp3) is 0.879. The molecule has 0 aromatic carbocycles. The van der Waals surface area contributed by atoms with Crippen LogP contribution in [0.25, 0.3) is 0 Å². The Morgan fingerprint density at radius 1 is 0.953 bits per heavy atom. The minimum atomic E-state index is -1.40. The quantitative estimate of drug-likeness (QED) is 0.285. The predicted octanol–water partition coefficient (Wildman–Crippen LogP) is 4.91. The number of hydrogen-bond donors (Lipinski definition) is 1. The lowest BCUT2D eigenvalue weighted by Crippen LogP contribution is -2.67. The van der Waals surface area contributed by atoms with Gasteiger partial charge >= 0.3 is 23.9 Å². The summed E-state index contributed by atoms with van der Waals surface area (Å²) in [6.07, 6.45) is 5.32. The van der Waals surface area contributed by atoms with Crippen LogP contribution in [0.15, 0.2) is 0 Å². The first-order valence-corrected chi connectivity index (χ1v) is 16.0. The van der Waals surface area contributed by atoms with E-state index in [1.54, 1.807) is 41.5 Å². The van der Waals surface area contributed by atoms with Crippen LogP contribution in [0.1, 0.15) is 126 Å². The molecule has 6 rings (SSSR count). The molecular formula is C33H50O10. The number of esters is 4. The van der Waals surface area contributed by atoms with Gasteiger partial charge in [-0.25, -0.2) is 4.79 Å². The van der Waals surface area contributed by atoms with Gasteiger partial charge in [0.05, 0.1) is 28.5 Å². The second-order valence-electron chi connectivity index (χ2n) is 16.2. The highest BCUT2D eigenvalue weighted by Gasteiger charge is 2.68. The van der Waals surface area contributed by atoms with E-state index in [1.165, 1.54) is 0 Å². The van der Waals surface area contributed by atoms with E-state index in [2.05, 4.69) is 0 Å². The fourth-order valence-electron chi connectivity index (χ4n) is 9.10. The van der Waals surface area contributed by atoms with Gasteiger partial charge in [0.25, 0.3) is 0 Å². The summed E-state index contributed by atoms with van der Waals surface area (Å²) in [7, 11) is 0. The van der Waals surface area contributed by atoms with E-state index in [1.807, 2.05) is 6.92 Å². The van der Waals surface area contributed by atoms with Gasteiger partial charge in [-0.15, -0.1) is 0 Å². The van der Waals surface area contributed by atoms with Crippen molar-refractivity contribution >= 4 is 23.9 Å². The van der Waals surface area contributed by atoms with E-state index >= 15 is 0 Å². The van der Waals surface area contributed by atoms with Gasteiger partial charge in [-0.2, -0.15) is 0 Å². The number of rotatable bonds is 9. The molecule has 4 aliphatic carbocycles. The smallest absolute Gasteiger partial charge is 0.351 e.